The highest BCUT2D eigenvalue weighted by atomic mass is 35.5. The van der Waals surface area contributed by atoms with Crippen molar-refractivity contribution in [1.82, 2.24) is 15.1 Å². The Kier molecular flexibility index (Phi) is 3.87. The molecule has 1 aromatic heterocycles. The molecule has 1 amide bonds. The summed E-state index contributed by atoms with van der Waals surface area (Å²) >= 11 is 0. The second-order valence-corrected chi connectivity index (χ2v) is 5.91. The summed E-state index contributed by atoms with van der Waals surface area (Å²) in [6.45, 7) is 3.24. The molecule has 1 unspecified atom stereocenters. The zero-order valence-electron chi connectivity index (χ0n) is 11.7. The third-order valence-electron chi connectivity index (χ3n) is 4.70. The van der Waals surface area contributed by atoms with Crippen molar-refractivity contribution in [1.29, 1.82) is 0 Å². The molecular formula is C15H19ClN4O. The molecule has 5 nitrogen and oxygen atoms in total. The van der Waals surface area contributed by atoms with Crippen LogP contribution in [-0.4, -0.2) is 40.6 Å². The lowest BCUT2D eigenvalue weighted by atomic mass is 9.78. The van der Waals surface area contributed by atoms with E-state index in [-0.39, 0.29) is 24.2 Å². The average Bonchev–Trinajstić information content (AvgIpc) is 2.96. The highest BCUT2D eigenvalue weighted by molar-refractivity contribution is 5.95. The van der Waals surface area contributed by atoms with Crippen LogP contribution in [0.2, 0.25) is 0 Å². The summed E-state index contributed by atoms with van der Waals surface area (Å²) in [5.41, 5.74) is 1.81. The summed E-state index contributed by atoms with van der Waals surface area (Å²) in [4.78, 5) is 14.9. The minimum Gasteiger partial charge on any atom is -0.326 e. The van der Waals surface area contributed by atoms with Crippen molar-refractivity contribution in [2.75, 3.05) is 25.0 Å². The van der Waals surface area contributed by atoms with Gasteiger partial charge in [0.2, 0.25) is 5.91 Å². The molecule has 3 aliphatic rings. The van der Waals surface area contributed by atoms with E-state index in [1.54, 1.807) is 6.20 Å². The third kappa shape index (κ3) is 2.63. The maximum absolute atomic E-state index is 12.5. The monoisotopic (exact) mass is 306 g/mol. The quantitative estimate of drug-likeness (QED) is 0.895. The Bertz CT molecular complexity index is 648. The molecule has 21 heavy (non-hydrogen) atoms. The van der Waals surface area contributed by atoms with Gasteiger partial charge < -0.3 is 10.2 Å². The van der Waals surface area contributed by atoms with Gasteiger partial charge in [-0.25, -0.2) is 0 Å². The molecular weight excluding hydrogens is 288 g/mol. The number of nitrogens with one attached hydrogen (secondary N) is 2. The maximum Gasteiger partial charge on any atom is 0.229 e. The van der Waals surface area contributed by atoms with Crippen LogP contribution in [0.4, 0.5) is 5.69 Å². The molecule has 3 saturated heterocycles. The largest absolute Gasteiger partial charge is 0.326 e. The molecule has 5 rings (SSSR count). The highest BCUT2D eigenvalue weighted by Crippen LogP contribution is 2.33. The SMILES string of the molecule is Cl.O=C(Nc1ccc2cn[nH]c2c1)C1CN2CCC1CC2. The molecule has 2 aromatic rings. The molecule has 1 aromatic carbocycles. The number of amides is 1. The van der Waals surface area contributed by atoms with Crippen LogP contribution in [0.25, 0.3) is 10.9 Å². The van der Waals surface area contributed by atoms with Crippen LogP contribution < -0.4 is 5.32 Å². The second-order valence-electron chi connectivity index (χ2n) is 5.91. The van der Waals surface area contributed by atoms with E-state index in [2.05, 4.69) is 20.4 Å². The number of benzene rings is 1. The van der Waals surface area contributed by atoms with Crippen molar-refractivity contribution >= 4 is 34.9 Å². The van der Waals surface area contributed by atoms with E-state index in [0.717, 1.165) is 49.1 Å². The van der Waals surface area contributed by atoms with Crippen LogP contribution in [0.3, 0.4) is 0 Å². The second kappa shape index (κ2) is 5.66. The van der Waals surface area contributed by atoms with Gasteiger partial charge in [-0.1, -0.05) is 0 Å². The van der Waals surface area contributed by atoms with Crippen molar-refractivity contribution in [3.05, 3.63) is 24.4 Å². The molecule has 3 fully saturated rings. The first-order valence-electron chi connectivity index (χ1n) is 7.26. The normalized spacial score (nSPS) is 27.3. The number of halogens is 1. The number of piperidine rings is 3. The van der Waals surface area contributed by atoms with Gasteiger partial charge in [-0.15, -0.1) is 12.4 Å². The topological polar surface area (TPSA) is 61.0 Å². The summed E-state index contributed by atoms with van der Waals surface area (Å²) in [6.07, 6.45) is 4.11. The lowest BCUT2D eigenvalue weighted by Crippen LogP contribution is -2.51. The van der Waals surface area contributed by atoms with E-state index in [0.29, 0.717) is 5.92 Å². The summed E-state index contributed by atoms with van der Waals surface area (Å²) in [5, 5.41) is 11.1. The predicted octanol–water partition coefficient (Wildman–Crippen LogP) is 2.27. The van der Waals surface area contributed by atoms with Gasteiger partial charge in [0.1, 0.15) is 0 Å². The molecule has 3 aliphatic heterocycles. The van der Waals surface area contributed by atoms with Crippen LogP contribution in [0.5, 0.6) is 0 Å². The fraction of sp³-hybridized carbons (Fsp3) is 0.467. The summed E-state index contributed by atoms with van der Waals surface area (Å²) in [7, 11) is 0. The molecule has 6 heteroatoms. The van der Waals surface area contributed by atoms with E-state index < -0.39 is 0 Å². The lowest BCUT2D eigenvalue weighted by molar-refractivity contribution is -0.125. The first-order chi connectivity index (χ1) is 9.79. The van der Waals surface area contributed by atoms with Gasteiger partial charge in [0.25, 0.3) is 0 Å². The first-order valence-corrected chi connectivity index (χ1v) is 7.26. The van der Waals surface area contributed by atoms with E-state index in [9.17, 15) is 4.79 Å². The van der Waals surface area contributed by atoms with Gasteiger partial charge in [0.15, 0.2) is 0 Å². The molecule has 4 heterocycles. The van der Waals surface area contributed by atoms with Gasteiger partial charge >= 0.3 is 0 Å². The molecule has 0 aliphatic carbocycles. The Hall–Kier alpha value is -1.59. The highest BCUT2D eigenvalue weighted by Gasteiger charge is 2.38. The molecule has 1 atom stereocenters. The fourth-order valence-electron chi connectivity index (χ4n) is 3.51. The summed E-state index contributed by atoms with van der Waals surface area (Å²) in [5.74, 6) is 0.879. The van der Waals surface area contributed by atoms with Crippen LogP contribution in [0.15, 0.2) is 24.4 Å². The predicted molar refractivity (Wildman–Crippen MR) is 84.6 cm³/mol. The number of aromatic nitrogens is 2. The summed E-state index contributed by atoms with van der Waals surface area (Å²) in [6, 6.07) is 5.86. The number of hydrogen-bond acceptors (Lipinski definition) is 3. The Morgan fingerprint density at radius 3 is 2.86 bits per heavy atom. The third-order valence-corrected chi connectivity index (χ3v) is 4.70. The number of fused-ring (bicyclic) bond motifs is 4. The van der Waals surface area contributed by atoms with Crippen LogP contribution >= 0.6 is 12.4 Å². The van der Waals surface area contributed by atoms with Gasteiger partial charge in [-0.05, 0) is 50.0 Å². The van der Waals surface area contributed by atoms with Crippen molar-refractivity contribution in [2.45, 2.75) is 12.8 Å². The summed E-state index contributed by atoms with van der Waals surface area (Å²) < 4.78 is 0. The van der Waals surface area contributed by atoms with Crippen LogP contribution in [0, 0.1) is 11.8 Å². The Morgan fingerprint density at radius 1 is 1.33 bits per heavy atom. The van der Waals surface area contributed by atoms with Crippen LogP contribution in [0.1, 0.15) is 12.8 Å². The Labute approximate surface area is 129 Å². The number of nitrogens with zero attached hydrogens (tertiary/aromatic N) is 2. The minimum absolute atomic E-state index is 0. The van der Waals surface area contributed by atoms with Gasteiger partial charge in [-0.3, -0.25) is 9.89 Å². The van der Waals surface area contributed by atoms with E-state index >= 15 is 0 Å². The number of rotatable bonds is 2. The Morgan fingerprint density at radius 2 is 2.14 bits per heavy atom. The molecule has 112 valence electrons. The average molecular weight is 307 g/mol. The number of aromatic amines is 1. The molecule has 2 bridgehead atoms. The minimum atomic E-state index is 0. The van der Waals surface area contributed by atoms with Crippen molar-refractivity contribution in [2.24, 2.45) is 11.8 Å². The van der Waals surface area contributed by atoms with Crippen molar-refractivity contribution in [3.8, 4) is 0 Å². The lowest BCUT2D eigenvalue weighted by Gasteiger charge is -2.43. The zero-order chi connectivity index (χ0) is 13.5. The number of H-pyrrole nitrogens is 1. The van der Waals surface area contributed by atoms with Crippen LogP contribution in [-0.2, 0) is 4.79 Å². The fourth-order valence-corrected chi connectivity index (χ4v) is 3.51. The number of anilines is 1. The van der Waals surface area contributed by atoms with Crippen molar-refractivity contribution < 1.29 is 4.79 Å². The first kappa shape index (κ1) is 14.4. The number of hydrogen-bond donors (Lipinski definition) is 2. The van der Waals surface area contributed by atoms with Gasteiger partial charge in [0, 0.05) is 17.6 Å². The molecule has 0 radical (unpaired) electrons. The van der Waals surface area contributed by atoms with Gasteiger partial charge in [0.05, 0.1) is 17.6 Å². The molecule has 2 N–H and O–H groups in total. The van der Waals surface area contributed by atoms with Gasteiger partial charge in [-0.2, -0.15) is 5.10 Å². The van der Waals surface area contributed by atoms with E-state index in [1.807, 2.05) is 18.2 Å². The molecule has 0 saturated carbocycles. The standard InChI is InChI=1S/C15H18N4O.ClH/c20-15(13-9-19-5-3-10(13)4-6-19)17-12-2-1-11-8-16-18-14(11)7-12;/h1-2,7-8,10,13H,3-6,9H2,(H,16,18)(H,17,20);1H. The zero-order valence-corrected chi connectivity index (χ0v) is 12.5. The Balaban J connectivity index is 0.00000132. The molecule has 0 spiro atoms. The van der Waals surface area contributed by atoms with Crippen molar-refractivity contribution in [3.63, 3.8) is 0 Å². The van der Waals surface area contributed by atoms with E-state index in [1.165, 1.54) is 0 Å². The van der Waals surface area contributed by atoms with E-state index in [4.69, 9.17) is 0 Å². The number of carbonyl (C=O) groups is 1. The number of carbonyl (C=O) groups excluding carboxylic acids is 1. The smallest absolute Gasteiger partial charge is 0.229 e. The maximum atomic E-state index is 12.5.